The van der Waals surface area contributed by atoms with Crippen molar-refractivity contribution in [2.75, 3.05) is 23.4 Å². The van der Waals surface area contributed by atoms with E-state index in [1.54, 1.807) is 6.20 Å². The van der Waals surface area contributed by atoms with Crippen LogP contribution in [-0.4, -0.2) is 56.5 Å². The molecular weight excluding hydrogens is 613 g/mol. The third-order valence-corrected chi connectivity index (χ3v) is 9.39. The molecule has 10 nitrogen and oxygen atoms in total. The lowest BCUT2D eigenvalue weighted by Crippen LogP contribution is -2.33. The van der Waals surface area contributed by atoms with Crippen LogP contribution in [0.15, 0.2) is 67.0 Å². The minimum atomic E-state index is -0.690. The Kier molecular flexibility index (Phi) is 8.50. The molecule has 0 radical (unpaired) electrons. The number of carbonyl (C=O) groups excluding carboxylic acids is 2. The Balaban J connectivity index is 1.16. The number of nitrogens with one attached hydrogen (secondary N) is 1. The van der Waals surface area contributed by atoms with Crippen molar-refractivity contribution in [3.63, 3.8) is 0 Å². The monoisotopic (exact) mass is 650 g/mol. The van der Waals surface area contributed by atoms with Gasteiger partial charge >= 0.3 is 5.97 Å². The van der Waals surface area contributed by atoms with Crippen LogP contribution in [0, 0.1) is 0 Å². The molecule has 1 N–H and O–H groups in total. The number of thiazole rings is 1. The van der Waals surface area contributed by atoms with Gasteiger partial charge in [0.1, 0.15) is 11.4 Å². The Morgan fingerprint density at radius 2 is 1.94 bits per heavy atom. The van der Waals surface area contributed by atoms with Crippen LogP contribution in [0.3, 0.4) is 0 Å². The van der Waals surface area contributed by atoms with Crippen molar-refractivity contribution in [2.24, 2.45) is 0 Å². The number of benzene rings is 2. The SMILES string of the molecule is CC(C)(C)OC(=O)c1nc(N2CCc3cccc(C(=O)Nc4nc5ccccc5s4)c3C2)ccc1-c1cnn(CC2CCCCO2)c1. The second kappa shape index (κ2) is 12.9. The molecule has 0 saturated carbocycles. The molecule has 242 valence electrons. The van der Waals surface area contributed by atoms with Crippen molar-refractivity contribution in [3.05, 3.63) is 89.4 Å². The lowest BCUT2D eigenvalue weighted by atomic mass is 9.94. The molecule has 5 heterocycles. The molecule has 1 amide bonds. The van der Waals surface area contributed by atoms with Gasteiger partial charge in [0, 0.05) is 42.6 Å². The van der Waals surface area contributed by atoms with E-state index in [-0.39, 0.29) is 17.7 Å². The largest absolute Gasteiger partial charge is 0.455 e. The molecule has 3 aromatic heterocycles. The highest BCUT2D eigenvalue weighted by atomic mass is 32.1. The zero-order valence-corrected chi connectivity index (χ0v) is 27.7. The van der Waals surface area contributed by atoms with Crippen LogP contribution < -0.4 is 10.2 Å². The zero-order chi connectivity index (χ0) is 32.5. The van der Waals surface area contributed by atoms with Crippen LogP contribution >= 0.6 is 11.3 Å². The summed E-state index contributed by atoms with van der Waals surface area (Å²) in [5, 5.41) is 8.15. The summed E-state index contributed by atoms with van der Waals surface area (Å²) >= 11 is 1.45. The van der Waals surface area contributed by atoms with Gasteiger partial charge in [0.05, 0.1) is 29.1 Å². The summed E-state index contributed by atoms with van der Waals surface area (Å²) < 4.78 is 14.6. The summed E-state index contributed by atoms with van der Waals surface area (Å²) in [6.07, 6.45) is 7.84. The molecule has 2 aliphatic rings. The number of hydrogen-bond acceptors (Lipinski definition) is 9. The first-order valence-corrected chi connectivity index (χ1v) is 16.9. The lowest BCUT2D eigenvalue weighted by molar-refractivity contribution is 0.00390. The van der Waals surface area contributed by atoms with Crippen LogP contribution in [0.2, 0.25) is 0 Å². The maximum absolute atomic E-state index is 13.6. The number of ether oxygens (including phenoxy) is 2. The van der Waals surface area contributed by atoms with Gasteiger partial charge in [0.25, 0.3) is 5.91 Å². The molecule has 1 fully saturated rings. The number of hydrogen-bond donors (Lipinski definition) is 1. The van der Waals surface area contributed by atoms with Crippen molar-refractivity contribution in [1.29, 1.82) is 0 Å². The van der Waals surface area contributed by atoms with Crippen molar-refractivity contribution in [3.8, 4) is 11.1 Å². The van der Waals surface area contributed by atoms with E-state index in [2.05, 4.69) is 26.4 Å². The van der Waals surface area contributed by atoms with E-state index >= 15 is 0 Å². The van der Waals surface area contributed by atoms with Crippen LogP contribution in [0.4, 0.5) is 10.9 Å². The molecular formula is C36H38N6O4S. The summed E-state index contributed by atoms with van der Waals surface area (Å²) in [5.41, 5.74) is 4.51. The maximum Gasteiger partial charge on any atom is 0.358 e. The maximum atomic E-state index is 13.6. The average Bonchev–Trinajstić information content (AvgIpc) is 3.70. The van der Waals surface area contributed by atoms with E-state index in [1.807, 2.05) is 80.2 Å². The van der Waals surface area contributed by atoms with E-state index < -0.39 is 11.6 Å². The molecule has 1 unspecified atom stereocenters. The number of amides is 1. The molecule has 0 spiro atoms. The van der Waals surface area contributed by atoms with Crippen LogP contribution in [0.25, 0.3) is 21.3 Å². The molecule has 0 bridgehead atoms. The van der Waals surface area contributed by atoms with Gasteiger partial charge in [-0.05, 0) is 87.9 Å². The predicted molar refractivity (Wildman–Crippen MR) is 183 cm³/mol. The summed E-state index contributed by atoms with van der Waals surface area (Å²) in [4.78, 5) is 38.7. The number of nitrogens with zero attached hydrogens (tertiary/aromatic N) is 5. The minimum absolute atomic E-state index is 0.137. The summed E-state index contributed by atoms with van der Waals surface area (Å²) in [7, 11) is 0. The number of carbonyl (C=O) groups is 2. The smallest absolute Gasteiger partial charge is 0.358 e. The number of para-hydroxylation sites is 1. The van der Waals surface area contributed by atoms with Gasteiger partial charge in [0.15, 0.2) is 10.8 Å². The minimum Gasteiger partial charge on any atom is -0.455 e. The van der Waals surface area contributed by atoms with E-state index in [1.165, 1.54) is 11.3 Å². The van der Waals surface area contributed by atoms with Crippen LogP contribution in [-0.2, 0) is 29.0 Å². The highest BCUT2D eigenvalue weighted by molar-refractivity contribution is 7.22. The van der Waals surface area contributed by atoms with Crippen molar-refractivity contribution in [2.45, 2.75) is 71.2 Å². The fourth-order valence-electron chi connectivity index (χ4n) is 6.18. The topological polar surface area (TPSA) is 111 Å². The molecule has 0 aliphatic carbocycles. The first-order valence-electron chi connectivity index (χ1n) is 16.1. The Bertz CT molecular complexity index is 1900. The molecule has 2 aliphatic heterocycles. The van der Waals surface area contributed by atoms with Crippen molar-refractivity contribution >= 4 is 44.4 Å². The van der Waals surface area contributed by atoms with Crippen molar-refractivity contribution in [1.82, 2.24) is 19.7 Å². The Labute approximate surface area is 277 Å². The van der Waals surface area contributed by atoms with E-state index in [9.17, 15) is 9.59 Å². The fourth-order valence-corrected chi connectivity index (χ4v) is 7.04. The Hall–Kier alpha value is -4.61. The third kappa shape index (κ3) is 6.91. The van der Waals surface area contributed by atoms with Gasteiger partial charge in [-0.15, -0.1) is 0 Å². The first-order chi connectivity index (χ1) is 22.7. The molecule has 47 heavy (non-hydrogen) atoms. The predicted octanol–water partition coefficient (Wildman–Crippen LogP) is 6.89. The van der Waals surface area contributed by atoms with Gasteiger partial charge < -0.3 is 14.4 Å². The van der Waals surface area contributed by atoms with E-state index in [0.717, 1.165) is 59.2 Å². The Morgan fingerprint density at radius 1 is 1.06 bits per heavy atom. The molecule has 7 rings (SSSR count). The van der Waals surface area contributed by atoms with Gasteiger partial charge in [-0.25, -0.2) is 14.8 Å². The zero-order valence-electron chi connectivity index (χ0n) is 26.9. The van der Waals surface area contributed by atoms with Gasteiger partial charge in [-0.3, -0.25) is 14.8 Å². The third-order valence-electron chi connectivity index (χ3n) is 8.44. The summed E-state index contributed by atoms with van der Waals surface area (Å²) in [6, 6.07) is 17.5. The number of anilines is 2. The standard InChI is InChI=1S/C36H38N6O4S/c1-36(2,3)46-34(44)32-26(24-19-37-42(20-24)21-25-10-6-7-18-45-25)14-15-31(39-32)41-17-16-23-9-8-11-27(28(23)22-41)33(43)40-35-38-29-12-4-5-13-30(29)47-35/h4-5,8-9,11-15,19-20,25H,6-7,10,16-18,21-22H2,1-3H3,(H,38,40,43). The van der Waals surface area contributed by atoms with E-state index in [4.69, 9.17) is 14.5 Å². The number of fused-ring (bicyclic) bond motifs is 2. The van der Waals surface area contributed by atoms with Crippen molar-refractivity contribution < 1.29 is 19.1 Å². The first kappa shape index (κ1) is 31.0. The second-order valence-electron chi connectivity index (χ2n) is 13.1. The molecule has 2 aromatic carbocycles. The van der Waals surface area contributed by atoms with Crippen LogP contribution in [0.1, 0.15) is 72.0 Å². The Morgan fingerprint density at radius 3 is 2.74 bits per heavy atom. The number of pyridine rings is 1. The number of rotatable bonds is 7. The molecule has 1 saturated heterocycles. The number of esters is 1. The van der Waals surface area contributed by atoms with Gasteiger partial charge in [-0.2, -0.15) is 5.10 Å². The van der Waals surface area contributed by atoms with Crippen LogP contribution in [0.5, 0.6) is 0 Å². The van der Waals surface area contributed by atoms with Gasteiger partial charge in [-0.1, -0.05) is 35.6 Å². The molecule has 1 atom stereocenters. The number of aromatic nitrogens is 4. The van der Waals surface area contributed by atoms with E-state index in [0.29, 0.717) is 41.7 Å². The highest BCUT2D eigenvalue weighted by Gasteiger charge is 2.27. The normalized spacial score (nSPS) is 16.6. The lowest BCUT2D eigenvalue weighted by Gasteiger charge is -2.31. The molecule has 5 aromatic rings. The fraction of sp³-hybridized carbons (Fsp3) is 0.361. The average molecular weight is 651 g/mol. The highest BCUT2D eigenvalue weighted by Crippen LogP contribution is 2.32. The second-order valence-corrected chi connectivity index (χ2v) is 14.1. The summed E-state index contributed by atoms with van der Waals surface area (Å²) in [6.45, 7) is 8.14. The van der Waals surface area contributed by atoms with Gasteiger partial charge in [0.2, 0.25) is 0 Å². The molecule has 11 heteroatoms. The quantitative estimate of drug-likeness (QED) is 0.190. The summed E-state index contributed by atoms with van der Waals surface area (Å²) in [5.74, 6) is -0.0492.